The van der Waals surface area contributed by atoms with Gasteiger partial charge in [-0.3, -0.25) is 4.79 Å². The zero-order valence-corrected chi connectivity index (χ0v) is 13.8. The Hall–Kier alpha value is -3.06. The molecule has 0 aromatic heterocycles. The van der Waals surface area contributed by atoms with E-state index in [0.29, 0.717) is 23.7 Å². The largest absolute Gasteiger partial charge is 0.463 e. The van der Waals surface area contributed by atoms with Crippen LogP contribution in [0.2, 0.25) is 0 Å². The van der Waals surface area contributed by atoms with E-state index >= 15 is 0 Å². The van der Waals surface area contributed by atoms with Crippen LogP contribution in [0, 0.1) is 11.3 Å². The Morgan fingerprint density at radius 1 is 1.04 bits per heavy atom. The summed E-state index contributed by atoms with van der Waals surface area (Å²) in [5, 5.41) is 9.46. The lowest BCUT2D eigenvalue weighted by Crippen LogP contribution is -2.03. The van der Waals surface area contributed by atoms with E-state index in [9.17, 15) is 10.1 Å². The van der Waals surface area contributed by atoms with Crippen LogP contribution in [0.4, 0.5) is 0 Å². The lowest BCUT2D eigenvalue weighted by Gasteiger charge is -2.11. The number of nitrogens with zero attached hydrogens (tertiary/aromatic N) is 1. The molecule has 4 nitrogen and oxygen atoms in total. The fourth-order valence-corrected chi connectivity index (χ4v) is 2.30. The summed E-state index contributed by atoms with van der Waals surface area (Å²) >= 11 is 0. The molecule has 0 aliphatic carbocycles. The number of esters is 1. The summed E-state index contributed by atoms with van der Waals surface area (Å²) in [6, 6.07) is 17.0. The minimum atomic E-state index is -0.352. The van der Waals surface area contributed by atoms with Crippen LogP contribution in [0.3, 0.4) is 0 Å². The molecule has 0 aliphatic heterocycles. The van der Waals surface area contributed by atoms with Crippen molar-refractivity contribution in [2.75, 3.05) is 0 Å². The van der Waals surface area contributed by atoms with Crippen LogP contribution in [-0.4, -0.2) is 5.97 Å². The van der Waals surface area contributed by atoms with Crippen LogP contribution < -0.4 is 9.47 Å². The average molecular weight is 321 g/mol. The Balaban J connectivity index is 2.07. The molecule has 0 unspecified atom stereocenters. The van der Waals surface area contributed by atoms with Crippen LogP contribution in [0.15, 0.2) is 60.9 Å². The number of benzene rings is 2. The maximum Gasteiger partial charge on any atom is 0.308 e. The third-order valence-electron chi connectivity index (χ3n) is 3.36. The van der Waals surface area contributed by atoms with Crippen molar-refractivity contribution in [2.45, 2.75) is 26.2 Å². The van der Waals surface area contributed by atoms with Crippen molar-refractivity contribution in [3.63, 3.8) is 0 Å². The second kappa shape index (κ2) is 7.98. The predicted octanol–water partition coefficient (Wildman–Crippen LogP) is 4.37. The Labute approximate surface area is 141 Å². The van der Waals surface area contributed by atoms with Crippen molar-refractivity contribution in [1.29, 1.82) is 5.26 Å². The summed E-state index contributed by atoms with van der Waals surface area (Å²) in [6.07, 6.45) is 0.581. The zero-order valence-electron chi connectivity index (χ0n) is 13.8. The van der Waals surface area contributed by atoms with E-state index < -0.39 is 0 Å². The van der Waals surface area contributed by atoms with E-state index in [1.165, 1.54) is 6.92 Å². The number of nitriles is 1. The van der Waals surface area contributed by atoms with Gasteiger partial charge in [0.15, 0.2) is 0 Å². The molecule has 0 N–H and O–H groups in total. The first-order chi connectivity index (χ1) is 11.5. The molecule has 0 bridgehead atoms. The lowest BCUT2D eigenvalue weighted by molar-refractivity contribution is -0.131. The fourth-order valence-electron chi connectivity index (χ4n) is 2.30. The van der Waals surface area contributed by atoms with Crippen LogP contribution in [-0.2, 0) is 11.2 Å². The van der Waals surface area contributed by atoms with E-state index in [-0.39, 0.29) is 11.9 Å². The number of carbonyl (C=O) groups is 1. The van der Waals surface area contributed by atoms with E-state index in [0.717, 1.165) is 11.1 Å². The number of rotatable bonds is 6. The number of hydrogen-bond acceptors (Lipinski definition) is 4. The standard InChI is InChI=1S/C20H19NO3/c1-14(2)23-19-10-6-17(7-11-19)18(13-21)12-16-4-8-20(9-5-16)24-15(3)22/h4-11,18H,1,12H2,2-3H3/t18-/m0/s1. The molecule has 0 radical (unpaired) electrons. The minimum absolute atomic E-state index is 0.261. The molecule has 1 atom stereocenters. The first kappa shape index (κ1) is 17.3. The van der Waals surface area contributed by atoms with Crippen LogP contribution in [0.5, 0.6) is 11.5 Å². The van der Waals surface area contributed by atoms with Gasteiger partial charge in [-0.05, 0) is 48.7 Å². The maximum absolute atomic E-state index is 10.9. The average Bonchev–Trinajstić information content (AvgIpc) is 2.54. The summed E-state index contributed by atoms with van der Waals surface area (Å²) in [6.45, 7) is 6.84. The highest BCUT2D eigenvalue weighted by Crippen LogP contribution is 2.24. The lowest BCUT2D eigenvalue weighted by atomic mass is 9.93. The molecular weight excluding hydrogens is 302 g/mol. The molecule has 24 heavy (non-hydrogen) atoms. The number of allylic oxidation sites excluding steroid dienone is 1. The highest BCUT2D eigenvalue weighted by atomic mass is 16.5. The molecule has 0 heterocycles. The molecule has 0 spiro atoms. The Kier molecular flexibility index (Phi) is 5.75. The van der Waals surface area contributed by atoms with Crippen molar-refractivity contribution in [2.24, 2.45) is 0 Å². The second-order valence-electron chi connectivity index (χ2n) is 5.50. The number of carbonyl (C=O) groups excluding carboxylic acids is 1. The molecule has 0 fully saturated rings. The number of hydrogen-bond donors (Lipinski definition) is 0. The predicted molar refractivity (Wildman–Crippen MR) is 91.7 cm³/mol. The molecule has 4 heteroatoms. The van der Waals surface area contributed by atoms with Crippen molar-refractivity contribution in [1.82, 2.24) is 0 Å². The number of ether oxygens (including phenoxy) is 2. The normalized spacial score (nSPS) is 11.2. The molecule has 0 amide bonds. The SMILES string of the molecule is C=C(C)Oc1ccc([C@H](C#N)Cc2ccc(OC(C)=O)cc2)cc1. The molecule has 0 saturated carbocycles. The van der Waals surface area contributed by atoms with Crippen LogP contribution in [0.1, 0.15) is 30.9 Å². The highest BCUT2D eigenvalue weighted by molar-refractivity contribution is 5.69. The quantitative estimate of drug-likeness (QED) is 0.450. The summed E-state index contributed by atoms with van der Waals surface area (Å²) in [4.78, 5) is 10.9. The third kappa shape index (κ3) is 4.99. The summed E-state index contributed by atoms with van der Waals surface area (Å²) in [7, 11) is 0. The van der Waals surface area contributed by atoms with Gasteiger partial charge in [0.2, 0.25) is 0 Å². The topological polar surface area (TPSA) is 59.3 Å². The molecule has 2 rings (SSSR count). The van der Waals surface area contributed by atoms with E-state index in [1.54, 1.807) is 19.1 Å². The van der Waals surface area contributed by atoms with Crippen molar-refractivity contribution < 1.29 is 14.3 Å². The minimum Gasteiger partial charge on any atom is -0.463 e. The first-order valence-electron chi connectivity index (χ1n) is 7.58. The monoisotopic (exact) mass is 321 g/mol. The first-order valence-corrected chi connectivity index (χ1v) is 7.58. The van der Waals surface area contributed by atoms with Crippen molar-refractivity contribution >= 4 is 5.97 Å². The van der Waals surface area contributed by atoms with E-state index in [2.05, 4.69) is 12.6 Å². The van der Waals surface area contributed by atoms with Gasteiger partial charge in [0.1, 0.15) is 11.5 Å². The van der Waals surface area contributed by atoms with E-state index in [4.69, 9.17) is 9.47 Å². The van der Waals surface area contributed by atoms with Gasteiger partial charge in [0.25, 0.3) is 0 Å². The summed E-state index contributed by atoms with van der Waals surface area (Å²) < 4.78 is 10.4. The van der Waals surface area contributed by atoms with Gasteiger partial charge < -0.3 is 9.47 Å². The van der Waals surface area contributed by atoms with Gasteiger partial charge in [0, 0.05) is 6.92 Å². The van der Waals surface area contributed by atoms with Gasteiger partial charge in [0.05, 0.1) is 17.7 Å². The Bertz CT molecular complexity index is 755. The molecule has 2 aromatic carbocycles. The Morgan fingerprint density at radius 3 is 2.08 bits per heavy atom. The van der Waals surface area contributed by atoms with Gasteiger partial charge in [-0.25, -0.2) is 0 Å². The van der Waals surface area contributed by atoms with E-state index in [1.807, 2.05) is 36.4 Å². The third-order valence-corrected chi connectivity index (χ3v) is 3.36. The smallest absolute Gasteiger partial charge is 0.308 e. The zero-order chi connectivity index (χ0) is 17.5. The molecule has 2 aromatic rings. The van der Waals surface area contributed by atoms with Crippen molar-refractivity contribution in [3.05, 3.63) is 72.0 Å². The molecule has 122 valence electrons. The van der Waals surface area contributed by atoms with Gasteiger partial charge in [-0.1, -0.05) is 30.8 Å². The second-order valence-corrected chi connectivity index (χ2v) is 5.50. The Morgan fingerprint density at radius 2 is 1.58 bits per heavy atom. The highest BCUT2D eigenvalue weighted by Gasteiger charge is 2.12. The van der Waals surface area contributed by atoms with Crippen LogP contribution in [0.25, 0.3) is 0 Å². The fraction of sp³-hybridized carbons (Fsp3) is 0.200. The summed E-state index contributed by atoms with van der Waals surface area (Å²) in [5.41, 5.74) is 1.93. The van der Waals surface area contributed by atoms with Crippen LogP contribution >= 0.6 is 0 Å². The molecule has 0 aliphatic rings. The van der Waals surface area contributed by atoms with Gasteiger partial charge in [-0.15, -0.1) is 0 Å². The molecule has 0 saturated heterocycles. The maximum atomic E-state index is 10.9. The van der Waals surface area contributed by atoms with Gasteiger partial charge in [-0.2, -0.15) is 5.26 Å². The molecular formula is C20H19NO3. The van der Waals surface area contributed by atoms with Gasteiger partial charge >= 0.3 is 5.97 Å². The van der Waals surface area contributed by atoms with Crippen molar-refractivity contribution in [3.8, 4) is 17.6 Å². The summed E-state index contributed by atoms with van der Waals surface area (Å²) in [5.74, 6) is 1.21.